The molecule has 1 nitrogen and oxygen atoms in total. The molecule has 0 saturated heterocycles. The van der Waals surface area contributed by atoms with Gasteiger partial charge >= 0.3 is 0 Å². The summed E-state index contributed by atoms with van der Waals surface area (Å²) in [4.78, 5) is 2.36. The van der Waals surface area contributed by atoms with E-state index in [-0.39, 0.29) is 5.41 Å². The number of nitrogens with zero attached hydrogens (tertiary/aromatic N) is 1. The SMILES string of the molecule is C=C(C)c1cccc(CN(C)Cc2ccc(C(C)(C)c3ccccc3)cc2)c1. The molecule has 3 aromatic carbocycles. The summed E-state index contributed by atoms with van der Waals surface area (Å²) in [6.07, 6.45) is 0. The van der Waals surface area contributed by atoms with E-state index in [9.17, 15) is 0 Å². The fraction of sp³-hybridized carbons (Fsp3) is 0.259. The number of rotatable bonds is 7. The Kier molecular flexibility index (Phi) is 6.16. The van der Waals surface area contributed by atoms with E-state index >= 15 is 0 Å². The number of benzene rings is 3. The Hall–Kier alpha value is -2.64. The Balaban J connectivity index is 1.67. The molecule has 0 radical (unpaired) electrons. The maximum atomic E-state index is 4.05. The molecule has 1 heteroatoms. The topological polar surface area (TPSA) is 3.24 Å². The summed E-state index contributed by atoms with van der Waals surface area (Å²) in [5, 5.41) is 0. The average molecular weight is 370 g/mol. The van der Waals surface area contributed by atoms with Crippen LogP contribution in [0.1, 0.15) is 48.6 Å². The van der Waals surface area contributed by atoms with E-state index in [0.29, 0.717) is 0 Å². The largest absolute Gasteiger partial charge is 0.298 e. The van der Waals surface area contributed by atoms with E-state index < -0.39 is 0 Å². The van der Waals surface area contributed by atoms with Crippen LogP contribution in [-0.4, -0.2) is 11.9 Å². The Morgan fingerprint density at radius 3 is 2.04 bits per heavy atom. The molecule has 0 aliphatic rings. The highest BCUT2D eigenvalue weighted by atomic mass is 15.1. The summed E-state index contributed by atoms with van der Waals surface area (Å²) in [5.41, 5.74) is 7.70. The van der Waals surface area contributed by atoms with E-state index in [4.69, 9.17) is 0 Å². The minimum absolute atomic E-state index is 0.00861. The van der Waals surface area contributed by atoms with Crippen molar-refractivity contribution in [3.63, 3.8) is 0 Å². The van der Waals surface area contributed by atoms with Crippen molar-refractivity contribution in [2.75, 3.05) is 7.05 Å². The van der Waals surface area contributed by atoms with Crippen LogP contribution >= 0.6 is 0 Å². The van der Waals surface area contributed by atoms with Crippen LogP contribution in [0, 0.1) is 0 Å². The van der Waals surface area contributed by atoms with Crippen LogP contribution in [0.5, 0.6) is 0 Å². The lowest BCUT2D eigenvalue weighted by Crippen LogP contribution is -2.19. The molecular formula is C27H31N. The Morgan fingerprint density at radius 2 is 1.39 bits per heavy atom. The van der Waals surface area contributed by atoms with Gasteiger partial charge in [0.05, 0.1) is 0 Å². The van der Waals surface area contributed by atoms with E-state index in [1.54, 1.807) is 0 Å². The molecule has 0 aliphatic heterocycles. The van der Waals surface area contributed by atoms with Crippen molar-refractivity contribution in [2.45, 2.75) is 39.3 Å². The molecule has 0 fully saturated rings. The predicted molar refractivity (Wildman–Crippen MR) is 121 cm³/mol. The van der Waals surface area contributed by atoms with Gasteiger partial charge in [-0.3, -0.25) is 4.90 Å². The molecule has 3 rings (SSSR count). The zero-order valence-electron chi connectivity index (χ0n) is 17.6. The van der Waals surface area contributed by atoms with E-state index in [1.807, 2.05) is 0 Å². The highest BCUT2D eigenvalue weighted by molar-refractivity contribution is 5.61. The lowest BCUT2D eigenvalue weighted by atomic mass is 9.78. The molecule has 0 atom stereocenters. The van der Waals surface area contributed by atoms with Crippen molar-refractivity contribution < 1.29 is 0 Å². The second-order valence-corrected chi connectivity index (χ2v) is 8.34. The minimum atomic E-state index is 0.00861. The summed E-state index contributed by atoms with van der Waals surface area (Å²) in [6.45, 7) is 12.5. The molecule has 3 aromatic rings. The van der Waals surface area contributed by atoms with Gasteiger partial charge in [0.15, 0.2) is 0 Å². The highest BCUT2D eigenvalue weighted by Gasteiger charge is 2.22. The summed E-state index contributed by atoms with van der Waals surface area (Å²) in [5.74, 6) is 0. The smallest absolute Gasteiger partial charge is 0.0234 e. The second-order valence-electron chi connectivity index (χ2n) is 8.34. The standard InChI is InChI=1S/C27H31N/c1-21(2)24-11-9-10-23(18-24)20-28(5)19-22-14-16-26(17-15-22)27(3,4)25-12-7-6-8-13-25/h6-18H,1,19-20H2,2-5H3. The van der Waals surface area contributed by atoms with Crippen LogP contribution in [0.4, 0.5) is 0 Å². The number of hydrogen-bond acceptors (Lipinski definition) is 1. The molecule has 28 heavy (non-hydrogen) atoms. The quantitative estimate of drug-likeness (QED) is 0.449. The third kappa shape index (κ3) is 4.79. The summed E-state index contributed by atoms with van der Waals surface area (Å²) < 4.78 is 0. The molecule has 0 N–H and O–H groups in total. The molecule has 0 unspecified atom stereocenters. The lowest BCUT2D eigenvalue weighted by molar-refractivity contribution is 0.319. The van der Waals surface area contributed by atoms with Crippen LogP contribution in [0.3, 0.4) is 0 Å². The zero-order chi connectivity index (χ0) is 20.1. The van der Waals surface area contributed by atoms with Crippen molar-refractivity contribution in [1.82, 2.24) is 4.90 Å². The first kappa shape index (κ1) is 20.1. The van der Waals surface area contributed by atoms with E-state index in [2.05, 4.69) is 118 Å². The van der Waals surface area contributed by atoms with Gasteiger partial charge < -0.3 is 0 Å². The maximum absolute atomic E-state index is 4.05. The summed E-state index contributed by atoms with van der Waals surface area (Å²) >= 11 is 0. The fourth-order valence-corrected chi connectivity index (χ4v) is 3.66. The molecule has 0 saturated carbocycles. The average Bonchev–Trinajstić information content (AvgIpc) is 2.69. The van der Waals surface area contributed by atoms with Gasteiger partial charge in [-0.05, 0) is 41.8 Å². The normalized spacial score (nSPS) is 11.6. The van der Waals surface area contributed by atoms with Gasteiger partial charge in [-0.2, -0.15) is 0 Å². The van der Waals surface area contributed by atoms with Crippen molar-refractivity contribution in [1.29, 1.82) is 0 Å². The molecular weight excluding hydrogens is 338 g/mol. The third-order valence-electron chi connectivity index (χ3n) is 5.50. The Bertz CT molecular complexity index is 920. The van der Waals surface area contributed by atoms with Crippen LogP contribution in [0.2, 0.25) is 0 Å². The second kappa shape index (κ2) is 8.58. The molecule has 144 valence electrons. The third-order valence-corrected chi connectivity index (χ3v) is 5.50. The van der Waals surface area contributed by atoms with Crippen molar-refractivity contribution in [3.8, 4) is 0 Å². The van der Waals surface area contributed by atoms with Crippen molar-refractivity contribution >= 4 is 5.57 Å². The van der Waals surface area contributed by atoms with Gasteiger partial charge in [0.2, 0.25) is 0 Å². The minimum Gasteiger partial charge on any atom is -0.298 e. The Morgan fingerprint density at radius 1 is 0.786 bits per heavy atom. The first-order valence-corrected chi connectivity index (χ1v) is 9.94. The van der Waals surface area contributed by atoms with E-state index in [1.165, 1.54) is 27.8 Å². The summed E-state index contributed by atoms with van der Waals surface area (Å²) in [6, 6.07) is 28.5. The Labute approximate surface area is 170 Å². The lowest BCUT2D eigenvalue weighted by Gasteiger charge is -2.26. The zero-order valence-corrected chi connectivity index (χ0v) is 17.6. The van der Waals surface area contributed by atoms with Gasteiger partial charge in [-0.25, -0.2) is 0 Å². The van der Waals surface area contributed by atoms with Gasteiger partial charge in [0, 0.05) is 18.5 Å². The number of allylic oxidation sites excluding steroid dienone is 1. The predicted octanol–water partition coefficient (Wildman–Crippen LogP) is 6.68. The van der Waals surface area contributed by atoms with E-state index in [0.717, 1.165) is 18.7 Å². The monoisotopic (exact) mass is 369 g/mol. The molecule has 0 spiro atoms. The first-order chi connectivity index (χ1) is 13.4. The number of hydrogen-bond donors (Lipinski definition) is 0. The maximum Gasteiger partial charge on any atom is 0.0234 e. The van der Waals surface area contributed by atoms with Crippen LogP contribution in [0.25, 0.3) is 5.57 Å². The fourth-order valence-electron chi connectivity index (χ4n) is 3.66. The van der Waals surface area contributed by atoms with Crippen molar-refractivity contribution in [2.24, 2.45) is 0 Å². The van der Waals surface area contributed by atoms with Crippen LogP contribution in [0.15, 0.2) is 85.4 Å². The van der Waals surface area contributed by atoms with Crippen molar-refractivity contribution in [3.05, 3.63) is 113 Å². The molecule has 0 amide bonds. The molecule has 0 aliphatic carbocycles. The molecule has 0 aromatic heterocycles. The van der Waals surface area contributed by atoms with Gasteiger partial charge in [-0.1, -0.05) is 105 Å². The highest BCUT2D eigenvalue weighted by Crippen LogP contribution is 2.31. The van der Waals surface area contributed by atoms with Gasteiger partial charge in [0.25, 0.3) is 0 Å². The molecule has 0 heterocycles. The van der Waals surface area contributed by atoms with Crippen LogP contribution < -0.4 is 0 Å². The first-order valence-electron chi connectivity index (χ1n) is 9.94. The van der Waals surface area contributed by atoms with Crippen LogP contribution in [-0.2, 0) is 18.5 Å². The van der Waals surface area contributed by atoms with Gasteiger partial charge in [-0.15, -0.1) is 0 Å². The molecule has 0 bridgehead atoms. The van der Waals surface area contributed by atoms with Gasteiger partial charge in [0.1, 0.15) is 0 Å². The summed E-state index contributed by atoms with van der Waals surface area (Å²) in [7, 11) is 2.18.